The fourth-order valence-electron chi connectivity index (χ4n) is 1.71. The Kier molecular flexibility index (Phi) is 6.81. The zero-order chi connectivity index (χ0) is 17.6. The molecule has 0 aliphatic heterocycles. The second kappa shape index (κ2) is 8.36. The van der Waals surface area contributed by atoms with E-state index in [0.29, 0.717) is 13.2 Å². The lowest BCUT2D eigenvalue weighted by molar-refractivity contribution is -0.386. The first-order valence-corrected chi connectivity index (χ1v) is 7.42. The number of ether oxygens (including phenoxy) is 3. The average Bonchev–Trinajstić information content (AvgIpc) is 2.49. The molecule has 0 amide bonds. The summed E-state index contributed by atoms with van der Waals surface area (Å²) in [4.78, 5) is 22.5. The van der Waals surface area contributed by atoms with Crippen molar-refractivity contribution >= 4 is 11.7 Å². The number of nitrogens with zero attached hydrogens (tertiary/aromatic N) is 1. The minimum atomic E-state index is -0.692. The molecule has 1 aromatic rings. The monoisotopic (exact) mass is 325 g/mol. The number of benzene rings is 1. The summed E-state index contributed by atoms with van der Waals surface area (Å²) in [5.41, 5.74) is -0.278. The van der Waals surface area contributed by atoms with E-state index in [1.165, 1.54) is 13.2 Å². The Morgan fingerprint density at radius 1 is 1.09 bits per heavy atom. The second-order valence-corrected chi connectivity index (χ2v) is 5.97. The Morgan fingerprint density at radius 3 is 2.04 bits per heavy atom. The van der Waals surface area contributed by atoms with Crippen LogP contribution >= 0.6 is 0 Å². The SMILES string of the molecule is COC(=O)c1cc([N+](=O)[O-])c(OCC(C)C)cc1OCC(C)C. The van der Waals surface area contributed by atoms with Gasteiger partial charge in [-0.2, -0.15) is 0 Å². The van der Waals surface area contributed by atoms with Gasteiger partial charge in [-0.05, 0) is 11.8 Å². The molecule has 0 atom stereocenters. The minimum absolute atomic E-state index is 0.0109. The van der Waals surface area contributed by atoms with E-state index in [2.05, 4.69) is 4.74 Å². The summed E-state index contributed by atoms with van der Waals surface area (Å²) in [6.45, 7) is 8.47. The zero-order valence-electron chi connectivity index (χ0n) is 14.1. The van der Waals surface area contributed by atoms with Gasteiger partial charge < -0.3 is 14.2 Å². The molecule has 0 saturated heterocycles. The lowest BCUT2D eigenvalue weighted by Crippen LogP contribution is -2.12. The molecule has 7 heteroatoms. The van der Waals surface area contributed by atoms with Gasteiger partial charge in [0, 0.05) is 12.1 Å². The van der Waals surface area contributed by atoms with Crippen LogP contribution in [0.2, 0.25) is 0 Å². The van der Waals surface area contributed by atoms with Crippen LogP contribution in [0.5, 0.6) is 11.5 Å². The number of esters is 1. The van der Waals surface area contributed by atoms with E-state index in [1.54, 1.807) is 0 Å². The second-order valence-electron chi connectivity index (χ2n) is 5.97. The number of nitro benzene ring substituents is 1. The van der Waals surface area contributed by atoms with Gasteiger partial charge in [-0.15, -0.1) is 0 Å². The van der Waals surface area contributed by atoms with Crippen molar-refractivity contribution in [2.75, 3.05) is 20.3 Å². The minimum Gasteiger partial charge on any atom is -0.492 e. The number of nitro groups is 1. The van der Waals surface area contributed by atoms with Crippen LogP contribution in [0.3, 0.4) is 0 Å². The number of methoxy groups -OCH3 is 1. The molecule has 0 bridgehead atoms. The predicted octanol–water partition coefficient (Wildman–Crippen LogP) is 3.45. The van der Waals surface area contributed by atoms with E-state index >= 15 is 0 Å². The largest absolute Gasteiger partial charge is 0.492 e. The predicted molar refractivity (Wildman–Crippen MR) is 85.1 cm³/mol. The van der Waals surface area contributed by atoms with E-state index in [0.717, 1.165) is 6.07 Å². The molecule has 0 heterocycles. The summed E-state index contributed by atoms with van der Waals surface area (Å²) < 4.78 is 15.8. The van der Waals surface area contributed by atoms with Crippen molar-refractivity contribution in [3.05, 3.63) is 27.8 Å². The first-order chi connectivity index (χ1) is 10.8. The van der Waals surface area contributed by atoms with Gasteiger partial charge in [-0.25, -0.2) is 4.79 Å². The van der Waals surface area contributed by atoms with Crippen molar-refractivity contribution in [2.45, 2.75) is 27.7 Å². The highest BCUT2D eigenvalue weighted by atomic mass is 16.6. The molecule has 1 rings (SSSR count). The third-order valence-corrected chi connectivity index (χ3v) is 2.81. The molecule has 7 nitrogen and oxygen atoms in total. The maximum Gasteiger partial charge on any atom is 0.341 e. The summed E-state index contributed by atoms with van der Waals surface area (Å²) in [6.07, 6.45) is 0. The molecule has 23 heavy (non-hydrogen) atoms. The number of rotatable bonds is 8. The van der Waals surface area contributed by atoms with Gasteiger partial charge >= 0.3 is 11.7 Å². The fraction of sp³-hybridized carbons (Fsp3) is 0.562. The Balaban J connectivity index is 3.30. The molecule has 0 unspecified atom stereocenters. The highest BCUT2D eigenvalue weighted by Gasteiger charge is 2.25. The van der Waals surface area contributed by atoms with E-state index in [9.17, 15) is 14.9 Å². The van der Waals surface area contributed by atoms with Crippen molar-refractivity contribution in [3.63, 3.8) is 0 Å². The normalized spacial score (nSPS) is 10.7. The topological polar surface area (TPSA) is 87.9 Å². The van der Waals surface area contributed by atoms with E-state index in [4.69, 9.17) is 9.47 Å². The zero-order valence-corrected chi connectivity index (χ0v) is 14.1. The van der Waals surface area contributed by atoms with Crippen LogP contribution in [-0.4, -0.2) is 31.2 Å². The Labute approximate surface area is 135 Å². The van der Waals surface area contributed by atoms with Crippen LogP contribution in [0.4, 0.5) is 5.69 Å². The summed E-state index contributed by atoms with van der Waals surface area (Å²) in [7, 11) is 1.21. The van der Waals surface area contributed by atoms with E-state index < -0.39 is 10.9 Å². The van der Waals surface area contributed by atoms with Crippen LogP contribution in [-0.2, 0) is 4.74 Å². The number of hydrogen-bond acceptors (Lipinski definition) is 6. The first-order valence-electron chi connectivity index (χ1n) is 7.42. The molecule has 0 aliphatic rings. The summed E-state index contributed by atoms with van der Waals surface area (Å²) in [5, 5.41) is 11.2. The van der Waals surface area contributed by atoms with Crippen LogP contribution in [0.1, 0.15) is 38.1 Å². The molecule has 1 aromatic carbocycles. The number of carbonyl (C=O) groups excluding carboxylic acids is 1. The van der Waals surface area contributed by atoms with Gasteiger partial charge in [0.2, 0.25) is 5.75 Å². The highest BCUT2D eigenvalue weighted by Crippen LogP contribution is 2.35. The molecule has 0 saturated carbocycles. The van der Waals surface area contributed by atoms with Crippen molar-refractivity contribution in [1.29, 1.82) is 0 Å². The standard InChI is InChI=1S/C16H23NO6/c1-10(2)8-22-14-7-15(23-9-11(3)4)13(17(19)20)6-12(14)16(18)21-5/h6-7,10-11H,8-9H2,1-5H3. The van der Waals surface area contributed by atoms with E-state index in [1.807, 2.05) is 27.7 Å². The maximum absolute atomic E-state index is 11.9. The quantitative estimate of drug-likeness (QED) is 0.413. The molecule has 0 radical (unpaired) electrons. The fourth-order valence-corrected chi connectivity index (χ4v) is 1.71. The molecule has 0 aromatic heterocycles. The molecule has 0 fully saturated rings. The lowest BCUT2D eigenvalue weighted by Gasteiger charge is -2.15. The van der Waals surface area contributed by atoms with Gasteiger partial charge in [-0.1, -0.05) is 27.7 Å². The summed E-state index contributed by atoms with van der Waals surface area (Å²) >= 11 is 0. The third-order valence-electron chi connectivity index (χ3n) is 2.81. The van der Waals surface area contributed by atoms with Crippen LogP contribution in [0.15, 0.2) is 12.1 Å². The first kappa shape index (κ1) is 18.7. The van der Waals surface area contributed by atoms with Crippen molar-refractivity contribution in [3.8, 4) is 11.5 Å². The van der Waals surface area contributed by atoms with Gasteiger partial charge in [0.05, 0.1) is 25.2 Å². The Bertz CT molecular complexity index is 568. The molecular formula is C16H23NO6. The van der Waals surface area contributed by atoms with Crippen molar-refractivity contribution < 1.29 is 23.9 Å². The van der Waals surface area contributed by atoms with Gasteiger partial charge in [0.1, 0.15) is 11.3 Å². The highest BCUT2D eigenvalue weighted by molar-refractivity contribution is 5.94. The molecular weight excluding hydrogens is 302 g/mol. The molecule has 0 spiro atoms. The van der Waals surface area contributed by atoms with Crippen molar-refractivity contribution in [2.24, 2.45) is 11.8 Å². The number of hydrogen-bond donors (Lipinski definition) is 0. The average molecular weight is 325 g/mol. The van der Waals surface area contributed by atoms with Gasteiger partial charge in [0.25, 0.3) is 0 Å². The third kappa shape index (κ3) is 5.43. The molecule has 128 valence electrons. The van der Waals surface area contributed by atoms with Crippen LogP contribution in [0.25, 0.3) is 0 Å². The molecule has 0 aliphatic carbocycles. The van der Waals surface area contributed by atoms with E-state index in [-0.39, 0.29) is 34.6 Å². The van der Waals surface area contributed by atoms with Gasteiger partial charge in [-0.3, -0.25) is 10.1 Å². The Hall–Kier alpha value is -2.31. The maximum atomic E-state index is 11.9. The van der Waals surface area contributed by atoms with Gasteiger partial charge in [0.15, 0.2) is 0 Å². The van der Waals surface area contributed by atoms with Crippen molar-refractivity contribution in [1.82, 2.24) is 0 Å². The Morgan fingerprint density at radius 2 is 1.61 bits per heavy atom. The smallest absolute Gasteiger partial charge is 0.341 e. The summed E-state index contributed by atoms with van der Waals surface area (Å²) in [5.74, 6) is 0.0397. The lowest BCUT2D eigenvalue weighted by atomic mass is 10.1. The van der Waals surface area contributed by atoms with Crippen LogP contribution in [0, 0.1) is 22.0 Å². The van der Waals surface area contributed by atoms with Crippen LogP contribution < -0.4 is 9.47 Å². The molecule has 0 N–H and O–H groups in total. The number of carbonyl (C=O) groups is 1. The summed E-state index contributed by atoms with van der Waals surface area (Å²) in [6, 6.07) is 2.52.